The molecule has 0 unspecified atom stereocenters. The third-order valence-corrected chi connectivity index (χ3v) is 3.03. The van der Waals surface area contributed by atoms with Crippen molar-refractivity contribution < 1.29 is 4.79 Å². The van der Waals surface area contributed by atoms with Crippen LogP contribution in [0.25, 0.3) is 0 Å². The fourth-order valence-electron chi connectivity index (χ4n) is 2.09. The number of carbonyl (C=O) groups is 1. The van der Waals surface area contributed by atoms with Gasteiger partial charge in [0.05, 0.1) is 0 Å². The molecule has 0 spiro atoms. The van der Waals surface area contributed by atoms with E-state index in [4.69, 9.17) is 0 Å². The molecule has 0 bridgehead atoms. The van der Waals surface area contributed by atoms with Gasteiger partial charge >= 0.3 is 0 Å². The van der Waals surface area contributed by atoms with E-state index in [0.717, 1.165) is 30.4 Å². The standard InChI is InChI=1S/C14H17NO/c16-14(13-8-10-15-11-9-13)12-6-4-2-1-3-5-7-12/h6,8-11H,1-5,7H2/b12-6+. The quantitative estimate of drug-likeness (QED) is 0.706. The zero-order chi connectivity index (χ0) is 11.2. The maximum Gasteiger partial charge on any atom is 0.188 e. The first-order valence-corrected chi connectivity index (χ1v) is 6.02. The van der Waals surface area contributed by atoms with Crippen molar-refractivity contribution >= 4 is 5.78 Å². The van der Waals surface area contributed by atoms with Crippen molar-refractivity contribution in [3.05, 3.63) is 41.7 Å². The number of aromatic nitrogens is 1. The molecule has 1 aromatic rings. The summed E-state index contributed by atoms with van der Waals surface area (Å²) < 4.78 is 0. The summed E-state index contributed by atoms with van der Waals surface area (Å²) in [6.07, 6.45) is 12.4. The molecule has 0 amide bonds. The molecule has 0 saturated heterocycles. The van der Waals surface area contributed by atoms with Crippen molar-refractivity contribution in [1.82, 2.24) is 4.98 Å². The summed E-state index contributed by atoms with van der Waals surface area (Å²) in [5, 5.41) is 0. The summed E-state index contributed by atoms with van der Waals surface area (Å²) >= 11 is 0. The lowest BCUT2D eigenvalue weighted by molar-refractivity contribution is 0.102. The predicted octanol–water partition coefficient (Wildman–Crippen LogP) is 3.54. The Labute approximate surface area is 96.4 Å². The molecule has 1 aromatic heterocycles. The average Bonchev–Trinajstić information content (AvgIpc) is 2.29. The number of Topliss-reactive ketones (excluding diaryl/α,β-unsaturated/α-hetero) is 1. The highest BCUT2D eigenvalue weighted by Crippen LogP contribution is 2.20. The van der Waals surface area contributed by atoms with E-state index in [1.54, 1.807) is 24.5 Å². The van der Waals surface area contributed by atoms with E-state index >= 15 is 0 Å². The molecule has 2 heteroatoms. The van der Waals surface area contributed by atoms with Gasteiger partial charge < -0.3 is 0 Å². The highest BCUT2D eigenvalue weighted by molar-refractivity contribution is 6.08. The maximum absolute atomic E-state index is 12.2. The van der Waals surface area contributed by atoms with Crippen LogP contribution < -0.4 is 0 Å². The number of hydrogen-bond donors (Lipinski definition) is 0. The first-order valence-electron chi connectivity index (χ1n) is 6.02. The van der Waals surface area contributed by atoms with Crippen molar-refractivity contribution in [1.29, 1.82) is 0 Å². The molecule has 1 aliphatic carbocycles. The van der Waals surface area contributed by atoms with E-state index in [1.165, 1.54) is 19.3 Å². The van der Waals surface area contributed by atoms with Gasteiger partial charge in [0, 0.05) is 18.0 Å². The van der Waals surface area contributed by atoms with E-state index in [2.05, 4.69) is 11.1 Å². The molecule has 0 saturated carbocycles. The Balaban J connectivity index is 2.14. The normalized spacial score (nSPS) is 20.4. The summed E-state index contributed by atoms with van der Waals surface area (Å²) in [6.45, 7) is 0. The van der Waals surface area contributed by atoms with E-state index < -0.39 is 0 Å². The van der Waals surface area contributed by atoms with Crippen LogP contribution in [-0.2, 0) is 0 Å². The second kappa shape index (κ2) is 5.59. The van der Waals surface area contributed by atoms with Crippen molar-refractivity contribution in [2.45, 2.75) is 38.5 Å². The Morgan fingerprint density at radius 1 is 1.06 bits per heavy atom. The Kier molecular flexibility index (Phi) is 3.86. The number of rotatable bonds is 2. The summed E-state index contributed by atoms with van der Waals surface area (Å²) in [6, 6.07) is 3.59. The first kappa shape index (κ1) is 11.1. The van der Waals surface area contributed by atoms with Crippen LogP contribution in [0.3, 0.4) is 0 Å². The summed E-state index contributed by atoms with van der Waals surface area (Å²) in [4.78, 5) is 16.1. The SMILES string of the molecule is O=C(/C1=C/CCCCCC1)c1ccncc1. The Hall–Kier alpha value is -1.44. The van der Waals surface area contributed by atoms with E-state index in [9.17, 15) is 4.79 Å². The van der Waals surface area contributed by atoms with Crippen LogP contribution in [0.1, 0.15) is 48.9 Å². The third-order valence-electron chi connectivity index (χ3n) is 3.03. The second-order valence-electron chi connectivity index (χ2n) is 4.25. The van der Waals surface area contributed by atoms with Crippen molar-refractivity contribution in [2.24, 2.45) is 0 Å². The molecule has 0 radical (unpaired) electrons. The summed E-state index contributed by atoms with van der Waals surface area (Å²) in [5.74, 6) is 0.185. The average molecular weight is 215 g/mol. The molecule has 0 aliphatic heterocycles. The van der Waals surface area contributed by atoms with Crippen LogP contribution in [0.15, 0.2) is 36.2 Å². The van der Waals surface area contributed by atoms with Crippen molar-refractivity contribution in [2.75, 3.05) is 0 Å². The minimum absolute atomic E-state index is 0.185. The third kappa shape index (κ3) is 2.78. The van der Waals surface area contributed by atoms with Gasteiger partial charge in [0.15, 0.2) is 5.78 Å². The van der Waals surface area contributed by atoms with E-state index in [-0.39, 0.29) is 5.78 Å². The zero-order valence-electron chi connectivity index (χ0n) is 9.48. The lowest BCUT2D eigenvalue weighted by Crippen LogP contribution is -2.05. The molecule has 84 valence electrons. The van der Waals surface area contributed by atoms with Gasteiger partial charge in [-0.25, -0.2) is 0 Å². The van der Waals surface area contributed by atoms with Crippen LogP contribution in [-0.4, -0.2) is 10.8 Å². The number of pyridine rings is 1. The summed E-state index contributed by atoms with van der Waals surface area (Å²) in [7, 11) is 0. The molecule has 16 heavy (non-hydrogen) atoms. The number of allylic oxidation sites excluding steroid dienone is 2. The van der Waals surface area contributed by atoms with E-state index in [1.807, 2.05) is 0 Å². The van der Waals surface area contributed by atoms with Crippen LogP contribution in [0.5, 0.6) is 0 Å². The molecular formula is C14H17NO. The Morgan fingerprint density at radius 2 is 1.81 bits per heavy atom. The monoisotopic (exact) mass is 215 g/mol. The first-order chi connectivity index (χ1) is 7.88. The van der Waals surface area contributed by atoms with Gasteiger partial charge in [-0.15, -0.1) is 0 Å². The molecular weight excluding hydrogens is 198 g/mol. The van der Waals surface area contributed by atoms with Crippen LogP contribution in [0.2, 0.25) is 0 Å². The highest BCUT2D eigenvalue weighted by Gasteiger charge is 2.12. The minimum atomic E-state index is 0.185. The van der Waals surface area contributed by atoms with Gasteiger partial charge in [0.25, 0.3) is 0 Å². The Morgan fingerprint density at radius 3 is 2.62 bits per heavy atom. The zero-order valence-corrected chi connectivity index (χ0v) is 9.48. The van der Waals surface area contributed by atoms with Gasteiger partial charge in [-0.3, -0.25) is 9.78 Å². The Bertz CT molecular complexity index is 381. The lowest BCUT2D eigenvalue weighted by Gasteiger charge is -2.10. The molecule has 2 nitrogen and oxygen atoms in total. The topological polar surface area (TPSA) is 30.0 Å². The van der Waals surface area contributed by atoms with Crippen molar-refractivity contribution in [3.8, 4) is 0 Å². The second-order valence-corrected chi connectivity index (χ2v) is 4.25. The number of hydrogen-bond acceptors (Lipinski definition) is 2. The van der Waals surface area contributed by atoms with E-state index in [0.29, 0.717) is 0 Å². The molecule has 0 N–H and O–H groups in total. The molecule has 1 aliphatic rings. The van der Waals surface area contributed by atoms with Gasteiger partial charge in [-0.05, 0) is 43.4 Å². The highest BCUT2D eigenvalue weighted by atomic mass is 16.1. The minimum Gasteiger partial charge on any atom is -0.289 e. The van der Waals surface area contributed by atoms with Gasteiger partial charge in [-0.2, -0.15) is 0 Å². The predicted molar refractivity (Wildman–Crippen MR) is 64.4 cm³/mol. The van der Waals surface area contributed by atoms with Gasteiger partial charge in [0.2, 0.25) is 0 Å². The van der Waals surface area contributed by atoms with Gasteiger partial charge in [-0.1, -0.05) is 18.9 Å². The molecule has 0 atom stereocenters. The largest absolute Gasteiger partial charge is 0.289 e. The molecule has 1 heterocycles. The molecule has 0 fully saturated rings. The van der Waals surface area contributed by atoms with Crippen LogP contribution in [0, 0.1) is 0 Å². The molecule has 0 aromatic carbocycles. The number of carbonyl (C=O) groups excluding carboxylic acids is 1. The van der Waals surface area contributed by atoms with Crippen molar-refractivity contribution in [3.63, 3.8) is 0 Å². The van der Waals surface area contributed by atoms with Gasteiger partial charge in [0.1, 0.15) is 0 Å². The number of nitrogens with zero attached hydrogens (tertiary/aromatic N) is 1. The van der Waals surface area contributed by atoms with Crippen LogP contribution in [0.4, 0.5) is 0 Å². The summed E-state index contributed by atoms with van der Waals surface area (Å²) in [5.41, 5.74) is 1.76. The lowest BCUT2D eigenvalue weighted by atomic mass is 9.94. The fraction of sp³-hybridized carbons (Fsp3) is 0.429. The maximum atomic E-state index is 12.2. The smallest absolute Gasteiger partial charge is 0.188 e. The fourth-order valence-corrected chi connectivity index (χ4v) is 2.09. The molecule has 2 rings (SSSR count). The van der Waals surface area contributed by atoms with Crippen LogP contribution >= 0.6 is 0 Å². The number of ketones is 1.